The molecule has 1 aromatic carbocycles. The molecule has 0 fully saturated rings. The van der Waals surface area contributed by atoms with Gasteiger partial charge in [-0.1, -0.05) is 6.07 Å². The van der Waals surface area contributed by atoms with E-state index < -0.39 is 6.36 Å². The molecular formula is C9H6F3NO2. The minimum atomic E-state index is -4.74. The van der Waals surface area contributed by atoms with Gasteiger partial charge in [-0.05, 0) is 12.1 Å². The molecule has 1 N–H and O–H groups in total. The van der Waals surface area contributed by atoms with E-state index in [9.17, 15) is 18.0 Å². The fourth-order valence-corrected chi connectivity index (χ4v) is 1.44. The zero-order chi connectivity index (χ0) is 11.1. The number of halogens is 3. The van der Waals surface area contributed by atoms with E-state index in [-0.39, 0.29) is 23.6 Å². The van der Waals surface area contributed by atoms with Crippen molar-refractivity contribution in [2.45, 2.75) is 12.8 Å². The maximum absolute atomic E-state index is 12.0. The summed E-state index contributed by atoms with van der Waals surface area (Å²) in [5.41, 5.74) is 0.626. The molecule has 3 nitrogen and oxygen atoms in total. The summed E-state index contributed by atoms with van der Waals surface area (Å²) in [6, 6.07) is 4.11. The van der Waals surface area contributed by atoms with Crippen LogP contribution in [0, 0.1) is 0 Å². The first-order valence-electron chi connectivity index (χ1n) is 4.13. The van der Waals surface area contributed by atoms with Gasteiger partial charge in [0.05, 0.1) is 6.42 Å². The molecule has 0 aromatic heterocycles. The van der Waals surface area contributed by atoms with Gasteiger partial charge in [0.2, 0.25) is 5.91 Å². The van der Waals surface area contributed by atoms with Crippen molar-refractivity contribution in [2.24, 2.45) is 0 Å². The Hall–Kier alpha value is -1.72. The maximum Gasteiger partial charge on any atom is 0.573 e. The Morgan fingerprint density at radius 1 is 1.33 bits per heavy atom. The number of anilines is 1. The molecule has 1 heterocycles. The Bertz CT molecular complexity index is 414. The van der Waals surface area contributed by atoms with Crippen LogP contribution in [0.3, 0.4) is 0 Å². The Balaban J connectivity index is 2.35. The summed E-state index contributed by atoms with van der Waals surface area (Å²) >= 11 is 0. The molecule has 15 heavy (non-hydrogen) atoms. The van der Waals surface area contributed by atoms with Crippen LogP contribution in [-0.4, -0.2) is 12.3 Å². The van der Waals surface area contributed by atoms with E-state index in [1.54, 1.807) is 0 Å². The fraction of sp³-hybridized carbons (Fsp3) is 0.222. The van der Waals surface area contributed by atoms with Gasteiger partial charge in [0.1, 0.15) is 5.75 Å². The average molecular weight is 217 g/mol. The van der Waals surface area contributed by atoms with E-state index in [1.807, 2.05) is 0 Å². The molecule has 0 aliphatic carbocycles. The highest BCUT2D eigenvalue weighted by Crippen LogP contribution is 2.34. The fourth-order valence-electron chi connectivity index (χ4n) is 1.44. The Kier molecular flexibility index (Phi) is 2.06. The van der Waals surface area contributed by atoms with Crippen molar-refractivity contribution < 1.29 is 22.7 Å². The Morgan fingerprint density at radius 2 is 2.07 bits per heavy atom. The molecule has 1 aromatic rings. The second-order valence-corrected chi connectivity index (χ2v) is 3.06. The number of nitrogens with one attached hydrogen (secondary N) is 1. The number of rotatable bonds is 1. The highest BCUT2D eigenvalue weighted by molar-refractivity contribution is 6.00. The lowest BCUT2D eigenvalue weighted by Gasteiger charge is -2.11. The predicted molar refractivity (Wildman–Crippen MR) is 45.5 cm³/mol. The Morgan fingerprint density at radius 3 is 2.73 bits per heavy atom. The van der Waals surface area contributed by atoms with Gasteiger partial charge in [-0.3, -0.25) is 4.79 Å². The standard InChI is InChI=1S/C9H6F3NO2/c10-9(11,12)15-7-3-1-2-6-5(7)4-8(14)13-6/h1-3H,4H2,(H,13,14). The summed E-state index contributed by atoms with van der Waals surface area (Å²) in [6.07, 6.45) is -4.82. The van der Waals surface area contributed by atoms with Crippen molar-refractivity contribution in [3.8, 4) is 5.75 Å². The highest BCUT2D eigenvalue weighted by Gasteiger charge is 2.33. The molecule has 80 valence electrons. The van der Waals surface area contributed by atoms with E-state index in [0.29, 0.717) is 5.69 Å². The van der Waals surface area contributed by atoms with Crippen molar-refractivity contribution in [1.29, 1.82) is 0 Å². The SMILES string of the molecule is O=C1Cc2c(cccc2OC(F)(F)F)N1. The van der Waals surface area contributed by atoms with Crippen LogP contribution in [-0.2, 0) is 11.2 Å². The number of alkyl halides is 3. The molecule has 1 aliphatic rings. The van der Waals surface area contributed by atoms with Crippen LogP contribution in [0.25, 0.3) is 0 Å². The van der Waals surface area contributed by atoms with Crippen molar-refractivity contribution in [3.63, 3.8) is 0 Å². The number of carbonyl (C=O) groups is 1. The van der Waals surface area contributed by atoms with Crippen molar-refractivity contribution in [2.75, 3.05) is 5.32 Å². The molecule has 2 rings (SSSR count). The average Bonchev–Trinajstić information content (AvgIpc) is 2.43. The summed E-state index contributed by atoms with van der Waals surface area (Å²) in [5, 5.41) is 2.44. The first-order chi connectivity index (χ1) is 6.96. The summed E-state index contributed by atoms with van der Waals surface area (Å²) in [5.74, 6) is -0.651. The first-order valence-corrected chi connectivity index (χ1v) is 4.13. The van der Waals surface area contributed by atoms with Crippen LogP contribution in [0.1, 0.15) is 5.56 Å². The first kappa shape index (κ1) is 9.82. The van der Waals surface area contributed by atoms with E-state index in [1.165, 1.54) is 18.2 Å². The van der Waals surface area contributed by atoms with E-state index in [4.69, 9.17) is 0 Å². The smallest absolute Gasteiger partial charge is 0.405 e. The Labute approximate surface area is 82.8 Å². The van der Waals surface area contributed by atoms with Crippen LogP contribution in [0.15, 0.2) is 18.2 Å². The zero-order valence-electron chi connectivity index (χ0n) is 7.39. The third-order valence-electron chi connectivity index (χ3n) is 1.97. The number of benzene rings is 1. The van der Waals surface area contributed by atoms with E-state index in [0.717, 1.165) is 0 Å². The van der Waals surface area contributed by atoms with Crippen LogP contribution in [0.4, 0.5) is 18.9 Å². The molecule has 1 amide bonds. The van der Waals surface area contributed by atoms with Crippen molar-refractivity contribution >= 4 is 11.6 Å². The monoisotopic (exact) mass is 217 g/mol. The molecule has 0 atom stereocenters. The largest absolute Gasteiger partial charge is 0.573 e. The molecule has 0 saturated carbocycles. The molecule has 1 aliphatic heterocycles. The van der Waals surface area contributed by atoms with Crippen LogP contribution in [0.2, 0.25) is 0 Å². The molecule has 0 spiro atoms. The van der Waals surface area contributed by atoms with Gasteiger partial charge in [-0.15, -0.1) is 13.2 Å². The van der Waals surface area contributed by atoms with Gasteiger partial charge in [-0.25, -0.2) is 0 Å². The number of fused-ring (bicyclic) bond motifs is 1. The molecular weight excluding hydrogens is 211 g/mol. The lowest BCUT2D eigenvalue weighted by molar-refractivity contribution is -0.274. The normalized spacial score (nSPS) is 14.7. The highest BCUT2D eigenvalue weighted by atomic mass is 19.4. The quantitative estimate of drug-likeness (QED) is 0.782. The van der Waals surface area contributed by atoms with Gasteiger partial charge in [0.25, 0.3) is 0 Å². The number of amides is 1. The van der Waals surface area contributed by atoms with Gasteiger partial charge in [-0.2, -0.15) is 0 Å². The number of hydrogen-bond acceptors (Lipinski definition) is 2. The molecule has 0 saturated heterocycles. The van der Waals surface area contributed by atoms with Crippen molar-refractivity contribution in [1.82, 2.24) is 0 Å². The van der Waals surface area contributed by atoms with Gasteiger partial charge < -0.3 is 10.1 Å². The van der Waals surface area contributed by atoms with Crippen LogP contribution >= 0.6 is 0 Å². The summed E-state index contributed by atoms with van der Waals surface area (Å²) in [6.45, 7) is 0. The lowest BCUT2D eigenvalue weighted by atomic mass is 10.1. The second-order valence-electron chi connectivity index (χ2n) is 3.06. The minimum Gasteiger partial charge on any atom is -0.405 e. The summed E-state index contributed by atoms with van der Waals surface area (Å²) in [4.78, 5) is 11.0. The summed E-state index contributed by atoms with van der Waals surface area (Å²) in [7, 11) is 0. The maximum atomic E-state index is 12.0. The van der Waals surface area contributed by atoms with Gasteiger partial charge in [0.15, 0.2) is 0 Å². The number of ether oxygens (including phenoxy) is 1. The van der Waals surface area contributed by atoms with Crippen molar-refractivity contribution in [3.05, 3.63) is 23.8 Å². The predicted octanol–water partition coefficient (Wildman–Crippen LogP) is 2.08. The van der Waals surface area contributed by atoms with E-state index in [2.05, 4.69) is 10.1 Å². The molecule has 0 radical (unpaired) electrons. The molecule has 0 unspecified atom stereocenters. The number of carbonyl (C=O) groups excluding carboxylic acids is 1. The van der Waals surface area contributed by atoms with Crippen LogP contribution < -0.4 is 10.1 Å². The van der Waals surface area contributed by atoms with Gasteiger partial charge >= 0.3 is 6.36 Å². The topological polar surface area (TPSA) is 38.3 Å². The summed E-state index contributed by atoms with van der Waals surface area (Å²) < 4.78 is 39.7. The third kappa shape index (κ3) is 2.03. The second kappa shape index (κ2) is 3.15. The van der Waals surface area contributed by atoms with E-state index >= 15 is 0 Å². The lowest BCUT2D eigenvalue weighted by Crippen LogP contribution is -2.18. The van der Waals surface area contributed by atoms with Gasteiger partial charge in [0, 0.05) is 11.3 Å². The van der Waals surface area contributed by atoms with Crippen LogP contribution in [0.5, 0.6) is 5.75 Å². The zero-order valence-corrected chi connectivity index (χ0v) is 7.39. The number of hydrogen-bond donors (Lipinski definition) is 1. The molecule has 0 bridgehead atoms. The molecule has 6 heteroatoms. The third-order valence-corrected chi connectivity index (χ3v) is 1.97. The minimum absolute atomic E-state index is 0.0818.